The fourth-order valence-electron chi connectivity index (χ4n) is 2.45. The summed E-state index contributed by atoms with van der Waals surface area (Å²) in [4.78, 5) is 12.0. The molecular weight excluding hydrogens is 282 g/mol. The molecule has 1 N–H and O–H groups in total. The molecule has 5 heteroatoms. The second-order valence-corrected chi connectivity index (χ2v) is 6.31. The molecule has 0 aliphatic heterocycles. The van der Waals surface area contributed by atoms with Gasteiger partial charge in [-0.05, 0) is 54.1 Å². The van der Waals surface area contributed by atoms with Crippen LogP contribution >= 0.6 is 11.3 Å². The molecule has 0 saturated heterocycles. The lowest BCUT2D eigenvalue weighted by Gasteiger charge is -2.11. The molecule has 0 radical (unpaired) electrons. The predicted octanol–water partition coefficient (Wildman–Crippen LogP) is 2.95. The zero-order chi connectivity index (χ0) is 15.4. The van der Waals surface area contributed by atoms with Crippen LogP contribution in [0.15, 0.2) is 16.8 Å². The largest absolute Gasteiger partial charge is 0.355 e. The highest BCUT2D eigenvalue weighted by Crippen LogP contribution is 2.17. The van der Waals surface area contributed by atoms with Gasteiger partial charge >= 0.3 is 0 Å². The topological polar surface area (TPSA) is 46.9 Å². The van der Waals surface area contributed by atoms with E-state index in [1.54, 1.807) is 11.3 Å². The smallest absolute Gasteiger partial charge is 0.220 e. The van der Waals surface area contributed by atoms with Crippen LogP contribution in [0.4, 0.5) is 0 Å². The first-order chi connectivity index (χ1) is 9.99. The first-order valence-electron chi connectivity index (χ1n) is 7.27. The molecule has 0 aliphatic carbocycles. The summed E-state index contributed by atoms with van der Waals surface area (Å²) in [5, 5.41) is 11.6. The molecule has 0 fully saturated rings. The number of hydrogen-bond acceptors (Lipinski definition) is 3. The molecule has 114 valence electrons. The van der Waals surface area contributed by atoms with Gasteiger partial charge in [0, 0.05) is 25.7 Å². The lowest BCUT2D eigenvalue weighted by Crippen LogP contribution is -2.27. The van der Waals surface area contributed by atoms with E-state index in [0.29, 0.717) is 18.9 Å². The molecule has 1 atom stereocenters. The van der Waals surface area contributed by atoms with Gasteiger partial charge in [0.2, 0.25) is 5.91 Å². The van der Waals surface area contributed by atoms with E-state index < -0.39 is 0 Å². The van der Waals surface area contributed by atoms with Crippen LogP contribution in [0.25, 0.3) is 0 Å². The Morgan fingerprint density at radius 2 is 2.24 bits per heavy atom. The maximum Gasteiger partial charge on any atom is 0.220 e. The van der Waals surface area contributed by atoms with Crippen LogP contribution < -0.4 is 5.32 Å². The number of aryl methyl sites for hydroxylation is 2. The lowest BCUT2D eigenvalue weighted by atomic mass is 10.0. The van der Waals surface area contributed by atoms with Crippen LogP contribution in [0.2, 0.25) is 0 Å². The van der Waals surface area contributed by atoms with Crippen LogP contribution in [0.1, 0.15) is 41.8 Å². The molecule has 2 aromatic rings. The van der Waals surface area contributed by atoms with E-state index in [1.165, 1.54) is 11.1 Å². The summed E-state index contributed by atoms with van der Waals surface area (Å²) >= 11 is 1.69. The standard InChI is InChI=1S/C16H23N3OS/c1-11(14-7-8-21-10-14)9-17-16(20)6-5-15-12(2)18-19(4)13(15)3/h7-8,10-11H,5-6,9H2,1-4H3,(H,17,20)/t11-/m0/s1. The van der Waals surface area contributed by atoms with Gasteiger partial charge in [-0.25, -0.2) is 0 Å². The Morgan fingerprint density at radius 1 is 1.48 bits per heavy atom. The Kier molecular flexibility index (Phi) is 5.17. The van der Waals surface area contributed by atoms with Crippen molar-refractivity contribution in [2.75, 3.05) is 6.54 Å². The lowest BCUT2D eigenvalue weighted by molar-refractivity contribution is -0.121. The SMILES string of the molecule is Cc1nn(C)c(C)c1CCC(=O)NC[C@H](C)c1ccsc1. The summed E-state index contributed by atoms with van der Waals surface area (Å²) < 4.78 is 1.88. The van der Waals surface area contributed by atoms with Crippen LogP contribution in [-0.4, -0.2) is 22.2 Å². The van der Waals surface area contributed by atoms with Gasteiger partial charge in [-0.1, -0.05) is 6.92 Å². The number of rotatable bonds is 6. The third-order valence-electron chi connectivity index (χ3n) is 3.98. The zero-order valence-corrected chi connectivity index (χ0v) is 14.0. The summed E-state index contributed by atoms with van der Waals surface area (Å²) in [6.45, 7) is 6.88. The third kappa shape index (κ3) is 3.94. The van der Waals surface area contributed by atoms with Crippen LogP contribution in [0.5, 0.6) is 0 Å². The van der Waals surface area contributed by atoms with Gasteiger partial charge in [-0.15, -0.1) is 0 Å². The molecule has 0 saturated carbocycles. The van der Waals surface area contributed by atoms with E-state index in [4.69, 9.17) is 0 Å². The summed E-state index contributed by atoms with van der Waals surface area (Å²) in [6, 6.07) is 2.11. The van der Waals surface area contributed by atoms with Crippen molar-refractivity contribution in [1.29, 1.82) is 0 Å². The van der Waals surface area contributed by atoms with Gasteiger partial charge in [0.15, 0.2) is 0 Å². The average molecular weight is 305 g/mol. The normalized spacial score (nSPS) is 12.4. The Morgan fingerprint density at radius 3 is 2.81 bits per heavy atom. The van der Waals surface area contributed by atoms with Gasteiger partial charge < -0.3 is 5.32 Å². The molecule has 0 aliphatic rings. The van der Waals surface area contributed by atoms with Crippen molar-refractivity contribution in [3.05, 3.63) is 39.3 Å². The van der Waals surface area contributed by atoms with E-state index in [2.05, 4.69) is 34.2 Å². The van der Waals surface area contributed by atoms with E-state index in [9.17, 15) is 4.79 Å². The summed E-state index contributed by atoms with van der Waals surface area (Å²) in [5.41, 5.74) is 4.65. The number of carbonyl (C=O) groups excluding carboxylic acids is 1. The van der Waals surface area contributed by atoms with Crippen molar-refractivity contribution < 1.29 is 4.79 Å². The second-order valence-electron chi connectivity index (χ2n) is 5.53. The van der Waals surface area contributed by atoms with Gasteiger partial charge in [-0.3, -0.25) is 9.48 Å². The summed E-state index contributed by atoms with van der Waals surface area (Å²) in [5.74, 6) is 0.474. The highest BCUT2D eigenvalue weighted by atomic mass is 32.1. The number of nitrogens with zero attached hydrogens (tertiary/aromatic N) is 2. The summed E-state index contributed by atoms with van der Waals surface area (Å²) in [6.07, 6.45) is 1.27. The maximum atomic E-state index is 12.0. The highest BCUT2D eigenvalue weighted by Gasteiger charge is 2.12. The van der Waals surface area contributed by atoms with Gasteiger partial charge in [-0.2, -0.15) is 16.4 Å². The van der Waals surface area contributed by atoms with Crippen molar-refractivity contribution in [2.45, 2.75) is 39.5 Å². The minimum absolute atomic E-state index is 0.111. The van der Waals surface area contributed by atoms with Crippen LogP contribution in [-0.2, 0) is 18.3 Å². The Hall–Kier alpha value is -1.62. The molecule has 0 spiro atoms. The molecule has 1 amide bonds. The molecule has 2 heterocycles. The van der Waals surface area contributed by atoms with Crippen molar-refractivity contribution in [2.24, 2.45) is 7.05 Å². The molecule has 21 heavy (non-hydrogen) atoms. The van der Waals surface area contributed by atoms with Gasteiger partial charge in [0.1, 0.15) is 0 Å². The number of aromatic nitrogens is 2. The Balaban J connectivity index is 1.80. The molecule has 0 unspecified atom stereocenters. The van der Waals surface area contributed by atoms with E-state index in [-0.39, 0.29) is 5.91 Å². The predicted molar refractivity (Wildman–Crippen MR) is 86.7 cm³/mol. The minimum atomic E-state index is 0.111. The third-order valence-corrected chi connectivity index (χ3v) is 4.68. The second kappa shape index (κ2) is 6.89. The molecule has 4 nitrogen and oxygen atoms in total. The van der Waals surface area contributed by atoms with Crippen molar-refractivity contribution in [1.82, 2.24) is 15.1 Å². The van der Waals surface area contributed by atoms with E-state index in [0.717, 1.165) is 17.8 Å². The molecule has 0 aromatic carbocycles. The number of thiophene rings is 1. The fourth-order valence-corrected chi connectivity index (χ4v) is 3.23. The summed E-state index contributed by atoms with van der Waals surface area (Å²) in [7, 11) is 1.94. The highest BCUT2D eigenvalue weighted by molar-refractivity contribution is 7.07. The molecular formula is C16H23N3OS. The fraction of sp³-hybridized carbons (Fsp3) is 0.500. The quantitative estimate of drug-likeness (QED) is 0.892. The van der Waals surface area contributed by atoms with Gasteiger partial charge in [0.25, 0.3) is 0 Å². The van der Waals surface area contributed by atoms with Gasteiger partial charge in [0.05, 0.1) is 5.69 Å². The molecule has 2 aromatic heterocycles. The monoisotopic (exact) mass is 305 g/mol. The van der Waals surface area contributed by atoms with Crippen molar-refractivity contribution in [3.63, 3.8) is 0 Å². The number of hydrogen-bond donors (Lipinski definition) is 1. The van der Waals surface area contributed by atoms with Crippen LogP contribution in [0.3, 0.4) is 0 Å². The number of carbonyl (C=O) groups is 1. The number of nitrogens with one attached hydrogen (secondary N) is 1. The van der Waals surface area contributed by atoms with Crippen molar-refractivity contribution >= 4 is 17.2 Å². The first kappa shape index (κ1) is 15.8. The van der Waals surface area contributed by atoms with Crippen molar-refractivity contribution in [3.8, 4) is 0 Å². The molecule has 2 rings (SSSR count). The molecule has 0 bridgehead atoms. The van der Waals surface area contributed by atoms with E-state index >= 15 is 0 Å². The maximum absolute atomic E-state index is 12.0. The Bertz CT molecular complexity index is 601. The Labute approximate surface area is 130 Å². The minimum Gasteiger partial charge on any atom is -0.355 e. The van der Waals surface area contributed by atoms with E-state index in [1.807, 2.05) is 25.6 Å². The zero-order valence-electron chi connectivity index (χ0n) is 13.1. The number of amides is 1. The van der Waals surface area contributed by atoms with Crippen LogP contribution in [0, 0.1) is 13.8 Å². The average Bonchev–Trinajstić information content (AvgIpc) is 3.05. The first-order valence-corrected chi connectivity index (χ1v) is 8.21.